The maximum atomic E-state index is 11.9. The number of nitrogens with zero attached hydrogens (tertiary/aromatic N) is 2. The number of carbonyl (C=O) groups excluding carboxylic acids is 2. The Kier molecular flexibility index (Phi) is 3.80. The molecule has 4 nitrogen and oxygen atoms in total. The van der Waals surface area contributed by atoms with Gasteiger partial charge in [0, 0.05) is 26.1 Å². The van der Waals surface area contributed by atoms with E-state index in [2.05, 4.69) is 0 Å². The van der Waals surface area contributed by atoms with Gasteiger partial charge in [0.1, 0.15) is 0 Å². The fourth-order valence-electron chi connectivity index (χ4n) is 2.44. The van der Waals surface area contributed by atoms with Crippen LogP contribution in [0.15, 0.2) is 0 Å². The third kappa shape index (κ3) is 2.74. The van der Waals surface area contributed by atoms with Crippen LogP contribution < -0.4 is 0 Å². The molecule has 0 atom stereocenters. The number of likely N-dealkylation sites (tertiary alicyclic amines) is 2. The summed E-state index contributed by atoms with van der Waals surface area (Å²) < 4.78 is 0. The van der Waals surface area contributed by atoms with E-state index >= 15 is 0 Å². The largest absolute Gasteiger partial charge is 0.341 e. The van der Waals surface area contributed by atoms with Crippen LogP contribution >= 0.6 is 0 Å². The number of carbonyl (C=O) groups is 2. The van der Waals surface area contributed by atoms with Crippen LogP contribution in [-0.2, 0) is 9.59 Å². The van der Waals surface area contributed by atoms with E-state index in [1.54, 1.807) is 4.90 Å². The maximum Gasteiger partial charge on any atom is 0.242 e. The zero-order valence-electron chi connectivity index (χ0n) is 9.78. The predicted octanol–water partition coefficient (Wildman–Crippen LogP) is 1.01. The van der Waals surface area contributed by atoms with Crippen molar-refractivity contribution in [2.24, 2.45) is 0 Å². The van der Waals surface area contributed by atoms with Gasteiger partial charge in [-0.1, -0.05) is 6.42 Å². The van der Waals surface area contributed by atoms with Crippen LogP contribution in [0.4, 0.5) is 0 Å². The highest BCUT2D eigenvalue weighted by atomic mass is 16.2. The third-order valence-corrected chi connectivity index (χ3v) is 3.46. The quantitative estimate of drug-likeness (QED) is 0.702. The number of rotatable bonds is 2. The Labute approximate surface area is 96.6 Å². The summed E-state index contributed by atoms with van der Waals surface area (Å²) in [5.41, 5.74) is 0. The molecule has 2 fully saturated rings. The van der Waals surface area contributed by atoms with Crippen molar-refractivity contribution in [3.05, 3.63) is 0 Å². The summed E-state index contributed by atoms with van der Waals surface area (Å²) in [6.45, 7) is 2.82. The van der Waals surface area contributed by atoms with E-state index in [1.165, 1.54) is 0 Å². The van der Waals surface area contributed by atoms with Crippen molar-refractivity contribution in [3.8, 4) is 0 Å². The topological polar surface area (TPSA) is 40.6 Å². The molecule has 2 aliphatic heterocycles. The van der Waals surface area contributed by atoms with Gasteiger partial charge >= 0.3 is 0 Å². The van der Waals surface area contributed by atoms with E-state index in [-0.39, 0.29) is 11.8 Å². The Morgan fingerprint density at radius 1 is 1.00 bits per heavy atom. The lowest BCUT2D eigenvalue weighted by atomic mass is 10.2. The minimum Gasteiger partial charge on any atom is -0.341 e. The molecule has 4 heteroatoms. The number of amides is 2. The fraction of sp³-hybridized carbons (Fsp3) is 0.833. The molecule has 0 aliphatic carbocycles. The standard InChI is InChI=1S/C12H20N2O2/c15-11-6-2-1-3-9-14(11)10-12(16)13-7-4-5-8-13/h1-10H2. The highest BCUT2D eigenvalue weighted by Gasteiger charge is 2.23. The summed E-state index contributed by atoms with van der Waals surface area (Å²) in [5.74, 6) is 0.290. The van der Waals surface area contributed by atoms with E-state index in [1.807, 2.05) is 4.90 Å². The molecule has 16 heavy (non-hydrogen) atoms. The predicted molar refractivity (Wildman–Crippen MR) is 60.9 cm³/mol. The van der Waals surface area contributed by atoms with Crippen molar-refractivity contribution in [3.63, 3.8) is 0 Å². The van der Waals surface area contributed by atoms with Crippen molar-refractivity contribution in [1.82, 2.24) is 9.80 Å². The minimum atomic E-state index is 0.132. The van der Waals surface area contributed by atoms with Gasteiger partial charge < -0.3 is 9.80 Å². The van der Waals surface area contributed by atoms with Crippen LogP contribution in [0, 0.1) is 0 Å². The number of hydrogen-bond donors (Lipinski definition) is 0. The van der Waals surface area contributed by atoms with Crippen LogP contribution in [0.2, 0.25) is 0 Å². The molecule has 0 aromatic heterocycles. The molecule has 2 heterocycles. The second kappa shape index (κ2) is 5.32. The monoisotopic (exact) mass is 224 g/mol. The summed E-state index contributed by atoms with van der Waals surface area (Å²) in [5, 5.41) is 0. The molecule has 0 spiro atoms. The molecule has 2 rings (SSSR count). The first kappa shape index (κ1) is 11.4. The van der Waals surface area contributed by atoms with Gasteiger partial charge in [-0.2, -0.15) is 0 Å². The molecule has 0 radical (unpaired) electrons. The average molecular weight is 224 g/mol. The summed E-state index contributed by atoms with van der Waals surface area (Å²) in [7, 11) is 0. The van der Waals surface area contributed by atoms with Crippen molar-refractivity contribution in [2.75, 3.05) is 26.2 Å². The smallest absolute Gasteiger partial charge is 0.242 e. The molecule has 0 unspecified atom stereocenters. The molecule has 2 amide bonds. The van der Waals surface area contributed by atoms with Gasteiger partial charge in [0.05, 0.1) is 6.54 Å². The second-order valence-corrected chi connectivity index (χ2v) is 4.71. The van der Waals surface area contributed by atoms with Crippen LogP contribution in [0.25, 0.3) is 0 Å². The van der Waals surface area contributed by atoms with E-state index < -0.39 is 0 Å². The van der Waals surface area contributed by atoms with Gasteiger partial charge in [-0.25, -0.2) is 0 Å². The van der Waals surface area contributed by atoms with Gasteiger partial charge in [0.15, 0.2) is 0 Å². The summed E-state index contributed by atoms with van der Waals surface area (Å²) >= 11 is 0. The molecule has 2 aliphatic rings. The third-order valence-electron chi connectivity index (χ3n) is 3.46. The molecule has 0 bridgehead atoms. The van der Waals surface area contributed by atoms with Crippen LogP contribution in [0.5, 0.6) is 0 Å². The molecular weight excluding hydrogens is 204 g/mol. The summed E-state index contributed by atoms with van der Waals surface area (Å²) in [6.07, 6.45) is 5.97. The first-order valence-electron chi connectivity index (χ1n) is 6.33. The average Bonchev–Trinajstić information content (AvgIpc) is 2.73. The molecule has 2 saturated heterocycles. The Morgan fingerprint density at radius 3 is 2.44 bits per heavy atom. The summed E-state index contributed by atoms with van der Waals surface area (Å²) in [4.78, 5) is 27.3. The molecule has 0 aromatic carbocycles. The molecule has 90 valence electrons. The zero-order chi connectivity index (χ0) is 11.4. The van der Waals surface area contributed by atoms with E-state index in [4.69, 9.17) is 0 Å². The SMILES string of the molecule is O=C(CN1CCCCCC1=O)N1CCCC1. The van der Waals surface area contributed by atoms with Gasteiger partial charge in [0.25, 0.3) is 0 Å². The van der Waals surface area contributed by atoms with Gasteiger partial charge in [0.2, 0.25) is 11.8 Å². The maximum absolute atomic E-state index is 11.9. The minimum absolute atomic E-state index is 0.132. The normalized spacial score (nSPS) is 22.4. The Morgan fingerprint density at radius 2 is 1.69 bits per heavy atom. The lowest BCUT2D eigenvalue weighted by Gasteiger charge is -2.23. The Balaban J connectivity index is 1.86. The second-order valence-electron chi connectivity index (χ2n) is 4.71. The van der Waals surface area contributed by atoms with Crippen LogP contribution in [-0.4, -0.2) is 47.8 Å². The molecule has 0 aromatic rings. The molecule has 0 saturated carbocycles. The summed E-state index contributed by atoms with van der Waals surface area (Å²) in [6, 6.07) is 0. The highest BCUT2D eigenvalue weighted by Crippen LogP contribution is 2.13. The molecular formula is C12H20N2O2. The van der Waals surface area contributed by atoms with E-state index in [9.17, 15) is 9.59 Å². The lowest BCUT2D eigenvalue weighted by Crippen LogP contribution is -2.41. The van der Waals surface area contributed by atoms with Gasteiger partial charge in [-0.05, 0) is 25.7 Å². The lowest BCUT2D eigenvalue weighted by molar-refractivity contribution is -0.139. The first-order valence-corrected chi connectivity index (χ1v) is 6.33. The van der Waals surface area contributed by atoms with Crippen LogP contribution in [0.1, 0.15) is 38.5 Å². The van der Waals surface area contributed by atoms with Crippen molar-refractivity contribution in [1.29, 1.82) is 0 Å². The zero-order valence-corrected chi connectivity index (χ0v) is 9.78. The van der Waals surface area contributed by atoms with Crippen molar-refractivity contribution >= 4 is 11.8 Å². The number of hydrogen-bond acceptors (Lipinski definition) is 2. The van der Waals surface area contributed by atoms with Gasteiger partial charge in [-0.3, -0.25) is 9.59 Å². The Hall–Kier alpha value is -1.06. The first-order chi connectivity index (χ1) is 7.77. The molecule has 0 N–H and O–H groups in total. The highest BCUT2D eigenvalue weighted by molar-refractivity contribution is 5.85. The van der Waals surface area contributed by atoms with E-state index in [0.717, 1.165) is 51.7 Å². The van der Waals surface area contributed by atoms with Gasteiger partial charge in [-0.15, -0.1) is 0 Å². The van der Waals surface area contributed by atoms with Crippen molar-refractivity contribution < 1.29 is 9.59 Å². The fourth-order valence-corrected chi connectivity index (χ4v) is 2.44. The van der Waals surface area contributed by atoms with Crippen LogP contribution in [0.3, 0.4) is 0 Å². The Bertz CT molecular complexity index is 272. The van der Waals surface area contributed by atoms with E-state index in [0.29, 0.717) is 13.0 Å². The van der Waals surface area contributed by atoms with Crippen molar-refractivity contribution in [2.45, 2.75) is 38.5 Å².